The molecule has 3 rings (SSSR count). The third-order valence-electron chi connectivity index (χ3n) is 4.32. The normalized spacial score (nSPS) is 10.3. The fourth-order valence-corrected chi connectivity index (χ4v) is 4.36. The summed E-state index contributed by atoms with van der Waals surface area (Å²) < 4.78 is 18.4. The lowest BCUT2D eigenvalue weighted by Gasteiger charge is -2.13. The highest BCUT2D eigenvalue weighted by molar-refractivity contribution is 9.11. The van der Waals surface area contributed by atoms with Gasteiger partial charge in [0.1, 0.15) is 30.5 Å². The van der Waals surface area contributed by atoms with Gasteiger partial charge in [-0.05, 0) is 70.9 Å². The maximum atomic E-state index is 12.4. The van der Waals surface area contributed by atoms with Crippen molar-refractivity contribution < 1.29 is 23.8 Å². The van der Waals surface area contributed by atoms with Crippen LogP contribution in [0.1, 0.15) is 15.9 Å². The Balaban J connectivity index is 1.43. The van der Waals surface area contributed by atoms with Crippen molar-refractivity contribution in [1.29, 1.82) is 0 Å². The van der Waals surface area contributed by atoms with Gasteiger partial charge >= 0.3 is 0 Å². The monoisotopic (exact) mass is 576 g/mol. The largest absolute Gasteiger partial charge is 0.490 e. The Labute approximate surface area is 208 Å². The van der Waals surface area contributed by atoms with Crippen molar-refractivity contribution in [3.8, 4) is 17.2 Å². The molecule has 0 fully saturated rings. The number of hydrazine groups is 1. The molecule has 3 aromatic rings. The molecule has 172 valence electrons. The van der Waals surface area contributed by atoms with Crippen LogP contribution in [0.25, 0.3) is 0 Å². The molecule has 0 unspecified atom stereocenters. The number of benzene rings is 3. The number of halogens is 2. The number of rotatable bonds is 9. The number of nitrogens with one attached hydrogen (secondary N) is 2. The van der Waals surface area contributed by atoms with Crippen LogP contribution < -0.4 is 25.1 Å². The van der Waals surface area contributed by atoms with Gasteiger partial charge in [0.05, 0.1) is 4.47 Å². The Morgan fingerprint density at radius 2 is 1.52 bits per heavy atom. The second-order valence-corrected chi connectivity index (χ2v) is 8.63. The first-order valence-electron chi connectivity index (χ1n) is 10.0. The third kappa shape index (κ3) is 7.80. The lowest BCUT2D eigenvalue weighted by atomic mass is 10.2. The minimum absolute atomic E-state index is 0.258. The minimum Gasteiger partial charge on any atom is -0.490 e. The van der Waals surface area contributed by atoms with Gasteiger partial charge in [0, 0.05) is 10.0 Å². The van der Waals surface area contributed by atoms with Crippen LogP contribution in [0.3, 0.4) is 0 Å². The molecular weight excluding hydrogens is 556 g/mol. The lowest BCUT2D eigenvalue weighted by Crippen LogP contribution is -2.43. The van der Waals surface area contributed by atoms with E-state index in [0.717, 1.165) is 20.3 Å². The maximum absolute atomic E-state index is 12.4. The van der Waals surface area contributed by atoms with Crippen molar-refractivity contribution in [3.63, 3.8) is 0 Å². The molecule has 0 saturated carbocycles. The van der Waals surface area contributed by atoms with Crippen LogP contribution in [0.5, 0.6) is 17.2 Å². The van der Waals surface area contributed by atoms with Gasteiger partial charge in [-0.3, -0.25) is 20.4 Å². The van der Waals surface area contributed by atoms with Crippen molar-refractivity contribution in [2.24, 2.45) is 0 Å². The Bertz CT molecular complexity index is 1090. The molecule has 7 nitrogen and oxygen atoms in total. The van der Waals surface area contributed by atoms with Crippen LogP contribution in [-0.2, 0) is 4.79 Å². The van der Waals surface area contributed by atoms with E-state index in [1.165, 1.54) is 0 Å². The molecule has 0 spiro atoms. The van der Waals surface area contributed by atoms with Gasteiger partial charge < -0.3 is 14.2 Å². The number of hydrogen-bond acceptors (Lipinski definition) is 5. The van der Waals surface area contributed by atoms with Crippen LogP contribution in [0, 0.1) is 6.92 Å². The number of ether oxygens (including phenoxy) is 3. The molecule has 2 N–H and O–H groups in total. The molecule has 33 heavy (non-hydrogen) atoms. The van der Waals surface area contributed by atoms with E-state index >= 15 is 0 Å². The molecule has 0 aliphatic rings. The van der Waals surface area contributed by atoms with Gasteiger partial charge in [0.25, 0.3) is 11.8 Å². The van der Waals surface area contributed by atoms with Crippen molar-refractivity contribution >= 4 is 43.7 Å². The summed E-state index contributed by atoms with van der Waals surface area (Å²) in [5.41, 5.74) is 5.91. The third-order valence-corrected chi connectivity index (χ3v) is 5.36. The van der Waals surface area contributed by atoms with Gasteiger partial charge in [-0.25, -0.2) is 0 Å². The van der Waals surface area contributed by atoms with E-state index in [0.29, 0.717) is 30.3 Å². The number of para-hydroxylation sites is 1. The molecule has 0 heterocycles. The first kappa shape index (κ1) is 24.6. The summed E-state index contributed by atoms with van der Waals surface area (Å²) in [7, 11) is 0. The van der Waals surface area contributed by atoms with E-state index in [-0.39, 0.29) is 6.61 Å². The summed E-state index contributed by atoms with van der Waals surface area (Å²) in [6.45, 7) is 2.29. The first-order valence-corrected chi connectivity index (χ1v) is 11.6. The van der Waals surface area contributed by atoms with Crippen LogP contribution in [0.2, 0.25) is 0 Å². The van der Waals surface area contributed by atoms with E-state index in [4.69, 9.17) is 14.2 Å². The number of aryl methyl sites for hydroxylation is 1. The van der Waals surface area contributed by atoms with Crippen LogP contribution in [0.15, 0.2) is 75.7 Å². The molecule has 3 aromatic carbocycles. The van der Waals surface area contributed by atoms with Crippen LogP contribution >= 0.6 is 31.9 Å². The quantitative estimate of drug-likeness (QED) is 0.281. The molecule has 0 bridgehead atoms. The molecule has 0 aromatic heterocycles. The zero-order chi connectivity index (χ0) is 23.6. The number of hydrogen-bond donors (Lipinski definition) is 2. The van der Waals surface area contributed by atoms with E-state index in [9.17, 15) is 9.59 Å². The first-order chi connectivity index (χ1) is 15.9. The zero-order valence-corrected chi connectivity index (χ0v) is 20.9. The Morgan fingerprint density at radius 1 is 0.818 bits per heavy atom. The summed E-state index contributed by atoms with van der Waals surface area (Å²) in [6.07, 6.45) is 0. The maximum Gasteiger partial charge on any atom is 0.276 e. The molecular formula is C24H22Br2N2O5. The summed E-state index contributed by atoms with van der Waals surface area (Å²) in [6, 6.07) is 19.8. The van der Waals surface area contributed by atoms with Crippen molar-refractivity contribution in [1.82, 2.24) is 10.9 Å². The summed E-state index contributed by atoms with van der Waals surface area (Å²) in [4.78, 5) is 24.5. The predicted octanol–water partition coefficient (Wildman–Crippen LogP) is 4.82. The standard InChI is InChI=1S/C24H22Br2N2O5/c1-16-12-18(25)14-21(26)23(16)33-15-22(29)27-28-24(30)17-6-5-9-20(13-17)32-11-10-31-19-7-3-2-4-8-19/h2-9,12-14H,10-11,15H2,1H3,(H,27,29)(H,28,30). The highest BCUT2D eigenvalue weighted by atomic mass is 79.9. The van der Waals surface area contributed by atoms with Crippen LogP contribution in [-0.4, -0.2) is 31.6 Å². The highest BCUT2D eigenvalue weighted by Crippen LogP contribution is 2.32. The van der Waals surface area contributed by atoms with Gasteiger partial charge in [0.15, 0.2) is 6.61 Å². The highest BCUT2D eigenvalue weighted by Gasteiger charge is 2.12. The smallest absolute Gasteiger partial charge is 0.276 e. The molecule has 0 saturated heterocycles. The van der Waals surface area contributed by atoms with Crippen LogP contribution in [0.4, 0.5) is 0 Å². The molecule has 0 aliphatic heterocycles. The lowest BCUT2D eigenvalue weighted by molar-refractivity contribution is -0.123. The van der Waals surface area contributed by atoms with Gasteiger partial charge in [-0.1, -0.05) is 40.2 Å². The van der Waals surface area contributed by atoms with Crippen molar-refractivity contribution in [3.05, 3.63) is 86.8 Å². The number of amides is 2. The van der Waals surface area contributed by atoms with Crippen molar-refractivity contribution in [2.75, 3.05) is 19.8 Å². The Hall–Kier alpha value is -3.04. The molecule has 2 amide bonds. The second kappa shape index (κ2) is 12.3. The average molecular weight is 578 g/mol. The van der Waals surface area contributed by atoms with E-state index < -0.39 is 11.8 Å². The second-order valence-electron chi connectivity index (χ2n) is 6.86. The van der Waals surface area contributed by atoms with E-state index in [2.05, 4.69) is 42.7 Å². The minimum atomic E-state index is -0.497. The molecule has 0 atom stereocenters. The Morgan fingerprint density at radius 3 is 2.24 bits per heavy atom. The number of carbonyl (C=O) groups excluding carboxylic acids is 2. The predicted molar refractivity (Wildman–Crippen MR) is 132 cm³/mol. The molecule has 9 heteroatoms. The Kier molecular flexibility index (Phi) is 9.14. The fourth-order valence-electron chi connectivity index (χ4n) is 2.81. The summed E-state index contributed by atoms with van der Waals surface area (Å²) in [5, 5.41) is 0. The van der Waals surface area contributed by atoms with E-state index in [1.54, 1.807) is 24.3 Å². The molecule has 0 radical (unpaired) electrons. The molecule has 0 aliphatic carbocycles. The van der Waals surface area contributed by atoms with Crippen molar-refractivity contribution in [2.45, 2.75) is 6.92 Å². The number of carbonyl (C=O) groups is 2. The summed E-state index contributed by atoms with van der Waals surface area (Å²) >= 11 is 6.80. The van der Waals surface area contributed by atoms with Gasteiger partial charge in [-0.15, -0.1) is 0 Å². The summed E-state index contributed by atoms with van der Waals surface area (Å²) in [5.74, 6) is 0.861. The van der Waals surface area contributed by atoms with Gasteiger partial charge in [-0.2, -0.15) is 0 Å². The average Bonchev–Trinajstić information content (AvgIpc) is 2.80. The van der Waals surface area contributed by atoms with Gasteiger partial charge in [0.2, 0.25) is 0 Å². The topological polar surface area (TPSA) is 85.9 Å². The zero-order valence-electron chi connectivity index (χ0n) is 17.8. The fraction of sp³-hybridized carbons (Fsp3) is 0.167. The van der Waals surface area contributed by atoms with E-state index in [1.807, 2.05) is 49.4 Å². The SMILES string of the molecule is Cc1cc(Br)cc(Br)c1OCC(=O)NNC(=O)c1cccc(OCCOc2ccccc2)c1.